The zero-order valence-electron chi connectivity index (χ0n) is 12.7. The number of hydrogen-bond donors (Lipinski definition) is 0. The Morgan fingerprint density at radius 2 is 1.52 bits per heavy atom. The Morgan fingerprint density at radius 1 is 0.905 bits per heavy atom. The molecule has 1 heterocycles. The number of carbonyl (C=O) groups excluding carboxylic acids is 2. The SMILES string of the molecule is CCCCCCC/C=C/CN1C(=O)c2ccccc2C1=O. The summed E-state index contributed by atoms with van der Waals surface area (Å²) >= 11 is 0. The smallest absolute Gasteiger partial charge is 0.261 e. The molecule has 21 heavy (non-hydrogen) atoms. The fraction of sp³-hybridized carbons (Fsp3) is 0.444. The van der Waals surface area contributed by atoms with Gasteiger partial charge in [0.05, 0.1) is 11.1 Å². The summed E-state index contributed by atoms with van der Waals surface area (Å²) in [7, 11) is 0. The van der Waals surface area contributed by atoms with Crippen molar-refractivity contribution in [3.8, 4) is 0 Å². The molecule has 0 aromatic heterocycles. The first-order chi connectivity index (χ1) is 10.3. The molecule has 2 amide bonds. The number of fused-ring (bicyclic) bond motifs is 1. The van der Waals surface area contributed by atoms with E-state index in [0.717, 1.165) is 6.42 Å². The second-order valence-corrected chi connectivity index (χ2v) is 5.44. The van der Waals surface area contributed by atoms with Crippen molar-refractivity contribution in [3.05, 3.63) is 47.5 Å². The van der Waals surface area contributed by atoms with Crippen LogP contribution in [0.3, 0.4) is 0 Å². The van der Waals surface area contributed by atoms with Crippen LogP contribution in [0.25, 0.3) is 0 Å². The molecule has 1 aliphatic heterocycles. The lowest BCUT2D eigenvalue weighted by atomic mass is 10.1. The predicted octanol–water partition coefficient (Wildman–Crippen LogP) is 4.20. The molecule has 0 aliphatic carbocycles. The normalized spacial score (nSPS) is 14.2. The fourth-order valence-corrected chi connectivity index (χ4v) is 2.57. The quantitative estimate of drug-likeness (QED) is 0.408. The third-order valence-corrected chi connectivity index (χ3v) is 3.81. The van der Waals surface area contributed by atoms with Gasteiger partial charge in [-0.25, -0.2) is 0 Å². The van der Waals surface area contributed by atoms with E-state index in [1.54, 1.807) is 24.3 Å². The molecule has 0 fully saturated rings. The van der Waals surface area contributed by atoms with E-state index in [2.05, 4.69) is 13.0 Å². The number of benzene rings is 1. The van der Waals surface area contributed by atoms with Crippen molar-refractivity contribution in [1.82, 2.24) is 4.90 Å². The lowest BCUT2D eigenvalue weighted by Gasteiger charge is -2.10. The molecule has 3 heteroatoms. The van der Waals surface area contributed by atoms with Crippen LogP contribution in [0.4, 0.5) is 0 Å². The van der Waals surface area contributed by atoms with Crippen LogP contribution in [-0.2, 0) is 0 Å². The Morgan fingerprint density at radius 3 is 2.14 bits per heavy atom. The number of unbranched alkanes of at least 4 members (excludes halogenated alkanes) is 5. The monoisotopic (exact) mass is 285 g/mol. The van der Waals surface area contributed by atoms with Crippen LogP contribution < -0.4 is 0 Å². The minimum Gasteiger partial charge on any atom is -0.270 e. The topological polar surface area (TPSA) is 37.4 Å². The molecule has 0 bridgehead atoms. The van der Waals surface area contributed by atoms with Crippen molar-refractivity contribution < 1.29 is 9.59 Å². The summed E-state index contributed by atoms with van der Waals surface area (Å²) in [6.07, 6.45) is 11.3. The van der Waals surface area contributed by atoms with E-state index in [0.29, 0.717) is 17.7 Å². The molecular weight excluding hydrogens is 262 g/mol. The van der Waals surface area contributed by atoms with Crippen LogP contribution in [0.2, 0.25) is 0 Å². The van der Waals surface area contributed by atoms with Gasteiger partial charge in [-0.1, -0.05) is 56.9 Å². The molecule has 0 N–H and O–H groups in total. The van der Waals surface area contributed by atoms with Gasteiger partial charge in [0.2, 0.25) is 0 Å². The summed E-state index contributed by atoms with van der Waals surface area (Å²) in [4.78, 5) is 25.6. The second-order valence-electron chi connectivity index (χ2n) is 5.44. The number of amides is 2. The van der Waals surface area contributed by atoms with E-state index in [4.69, 9.17) is 0 Å². The molecular formula is C18H23NO2. The van der Waals surface area contributed by atoms with Crippen molar-refractivity contribution >= 4 is 11.8 Å². The van der Waals surface area contributed by atoms with Gasteiger partial charge in [0.15, 0.2) is 0 Å². The Hall–Kier alpha value is -1.90. The number of nitrogens with zero attached hydrogens (tertiary/aromatic N) is 1. The molecule has 1 aromatic rings. The maximum Gasteiger partial charge on any atom is 0.261 e. The Labute approximate surface area is 126 Å². The highest BCUT2D eigenvalue weighted by Gasteiger charge is 2.33. The van der Waals surface area contributed by atoms with Crippen LogP contribution in [0.5, 0.6) is 0 Å². The first kappa shape index (κ1) is 15.5. The molecule has 0 unspecified atom stereocenters. The van der Waals surface area contributed by atoms with Crippen LogP contribution in [0.15, 0.2) is 36.4 Å². The molecule has 3 nitrogen and oxygen atoms in total. The summed E-state index contributed by atoms with van der Waals surface area (Å²) in [5, 5.41) is 0. The first-order valence-corrected chi connectivity index (χ1v) is 7.86. The first-order valence-electron chi connectivity index (χ1n) is 7.86. The summed E-state index contributed by atoms with van der Waals surface area (Å²) in [5.74, 6) is -0.355. The lowest BCUT2D eigenvalue weighted by Crippen LogP contribution is -2.29. The van der Waals surface area contributed by atoms with Crippen molar-refractivity contribution in [3.63, 3.8) is 0 Å². The van der Waals surface area contributed by atoms with Gasteiger partial charge in [-0.2, -0.15) is 0 Å². The number of imide groups is 1. The summed E-state index contributed by atoms with van der Waals surface area (Å²) in [5.41, 5.74) is 1.05. The van der Waals surface area contributed by atoms with Crippen LogP contribution >= 0.6 is 0 Å². The minimum atomic E-state index is -0.178. The zero-order chi connectivity index (χ0) is 15.1. The lowest BCUT2D eigenvalue weighted by molar-refractivity contribution is 0.0672. The van der Waals surface area contributed by atoms with Gasteiger partial charge in [0, 0.05) is 6.54 Å². The van der Waals surface area contributed by atoms with Crippen LogP contribution in [0, 0.1) is 0 Å². The molecule has 0 radical (unpaired) electrons. The Balaban J connectivity index is 1.77. The highest BCUT2D eigenvalue weighted by molar-refractivity contribution is 6.21. The van der Waals surface area contributed by atoms with E-state index < -0.39 is 0 Å². The third-order valence-electron chi connectivity index (χ3n) is 3.81. The van der Waals surface area contributed by atoms with Gasteiger partial charge < -0.3 is 0 Å². The molecule has 2 rings (SSSR count). The molecule has 0 spiro atoms. The van der Waals surface area contributed by atoms with Crippen LogP contribution in [-0.4, -0.2) is 23.3 Å². The maximum atomic E-state index is 12.1. The summed E-state index contributed by atoms with van der Waals surface area (Å²) < 4.78 is 0. The molecule has 0 saturated heterocycles. The van der Waals surface area contributed by atoms with Crippen molar-refractivity contribution in [2.75, 3.05) is 6.54 Å². The highest BCUT2D eigenvalue weighted by Crippen LogP contribution is 2.22. The van der Waals surface area contributed by atoms with E-state index in [-0.39, 0.29) is 11.8 Å². The largest absolute Gasteiger partial charge is 0.270 e. The van der Waals surface area contributed by atoms with Gasteiger partial charge in [-0.3, -0.25) is 14.5 Å². The number of rotatable bonds is 8. The van der Waals surface area contributed by atoms with Crippen molar-refractivity contribution in [2.45, 2.75) is 45.4 Å². The fourth-order valence-electron chi connectivity index (χ4n) is 2.57. The zero-order valence-corrected chi connectivity index (χ0v) is 12.7. The van der Waals surface area contributed by atoms with E-state index in [9.17, 15) is 9.59 Å². The summed E-state index contributed by atoms with van der Waals surface area (Å²) in [6.45, 7) is 2.59. The highest BCUT2D eigenvalue weighted by atomic mass is 16.2. The van der Waals surface area contributed by atoms with E-state index >= 15 is 0 Å². The van der Waals surface area contributed by atoms with Crippen molar-refractivity contribution in [1.29, 1.82) is 0 Å². The number of allylic oxidation sites excluding steroid dienone is 1. The Kier molecular flexibility index (Phi) is 5.73. The van der Waals surface area contributed by atoms with Crippen LogP contribution in [0.1, 0.15) is 66.2 Å². The van der Waals surface area contributed by atoms with E-state index in [1.165, 1.54) is 37.0 Å². The average molecular weight is 285 g/mol. The second kappa shape index (κ2) is 7.77. The number of carbonyl (C=O) groups is 2. The van der Waals surface area contributed by atoms with Crippen molar-refractivity contribution in [2.24, 2.45) is 0 Å². The standard InChI is InChI=1S/C18H23NO2/c1-2-3-4-5-6-7-8-11-14-19-17(20)15-12-9-10-13-16(15)18(19)21/h8-13H,2-7,14H2,1H3/b11-8+. The average Bonchev–Trinajstić information content (AvgIpc) is 2.75. The van der Waals surface area contributed by atoms with Gasteiger partial charge in [-0.05, 0) is 25.0 Å². The molecule has 0 atom stereocenters. The predicted molar refractivity (Wildman–Crippen MR) is 84.3 cm³/mol. The molecule has 0 saturated carbocycles. The van der Waals surface area contributed by atoms with Gasteiger partial charge in [0.25, 0.3) is 11.8 Å². The maximum absolute atomic E-state index is 12.1. The Bertz CT molecular complexity index is 499. The molecule has 1 aromatic carbocycles. The summed E-state index contributed by atoms with van der Waals surface area (Å²) in [6, 6.07) is 7.01. The van der Waals surface area contributed by atoms with E-state index in [1.807, 2.05) is 6.08 Å². The molecule has 1 aliphatic rings. The molecule has 112 valence electrons. The van der Waals surface area contributed by atoms with Gasteiger partial charge >= 0.3 is 0 Å². The number of hydrogen-bond acceptors (Lipinski definition) is 2. The minimum absolute atomic E-state index is 0.178. The van der Waals surface area contributed by atoms with Gasteiger partial charge in [-0.15, -0.1) is 0 Å². The third kappa shape index (κ3) is 3.81. The van der Waals surface area contributed by atoms with Gasteiger partial charge in [0.1, 0.15) is 0 Å².